The third-order valence-corrected chi connectivity index (χ3v) is 4.33. The van der Waals surface area contributed by atoms with Gasteiger partial charge in [-0.25, -0.2) is 0 Å². The molecule has 1 atom stereocenters. The molecule has 0 saturated carbocycles. The molecule has 0 radical (unpaired) electrons. The molecule has 0 unspecified atom stereocenters. The number of thioether (sulfide) groups is 1. The molecule has 1 aliphatic rings. The fourth-order valence-corrected chi connectivity index (χ4v) is 2.94. The number of carbonyl (C=O) groups is 1. The Balaban J connectivity index is 2.04. The number of nitrogens with two attached hydrogens (primary N) is 1. The van der Waals surface area contributed by atoms with E-state index in [0.29, 0.717) is 6.54 Å². The molecule has 2 rings (SSSR count). The van der Waals surface area contributed by atoms with Crippen molar-refractivity contribution < 1.29 is 9.53 Å². The van der Waals surface area contributed by atoms with E-state index in [1.807, 2.05) is 23.3 Å². The number of nitrogens with zero attached hydrogens (tertiary/aromatic N) is 1. The van der Waals surface area contributed by atoms with E-state index in [9.17, 15) is 4.79 Å². The molecule has 1 amide bonds. The van der Waals surface area contributed by atoms with Crippen molar-refractivity contribution in [3.05, 3.63) is 29.3 Å². The number of methoxy groups -OCH3 is 1. The second-order valence-electron chi connectivity index (χ2n) is 5.03. The number of ether oxygens (including phenoxy) is 1. The van der Waals surface area contributed by atoms with Crippen LogP contribution in [0.5, 0.6) is 5.75 Å². The molecular formula is C15H22N2O2S. The summed E-state index contributed by atoms with van der Waals surface area (Å²) >= 11 is 1.72. The molecule has 0 bridgehead atoms. The lowest BCUT2D eigenvalue weighted by Gasteiger charge is -2.31. The van der Waals surface area contributed by atoms with Crippen molar-refractivity contribution in [3.8, 4) is 5.75 Å². The van der Waals surface area contributed by atoms with Gasteiger partial charge >= 0.3 is 0 Å². The summed E-state index contributed by atoms with van der Waals surface area (Å²) in [6.07, 6.45) is 3.66. The topological polar surface area (TPSA) is 55.6 Å². The van der Waals surface area contributed by atoms with Gasteiger partial charge < -0.3 is 15.4 Å². The number of carbonyl (C=O) groups excluding carboxylic acids is 1. The van der Waals surface area contributed by atoms with E-state index in [1.165, 1.54) is 11.1 Å². The van der Waals surface area contributed by atoms with Gasteiger partial charge in [0, 0.05) is 13.1 Å². The Morgan fingerprint density at radius 3 is 3.00 bits per heavy atom. The van der Waals surface area contributed by atoms with Crippen molar-refractivity contribution in [2.45, 2.75) is 25.4 Å². The van der Waals surface area contributed by atoms with Crippen LogP contribution in [0.2, 0.25) is 0 Å². The fraction of sp³-hybridized carbons (Fsp3) is 0.533. The monoisotopic (exact) mass is 294 g/mol. The van der Waals surface area contributed by atoms with Crippen LogP contribution in [0.3, 0.4) is 0 Å². The van der Waals surface area contributed by atoms with Gasteiger partial charge in [-0.05, 0) is 48.1 Å². The normalized spacial score (nSPS) is 15.7. The molecular weight excluding hydrogens is 272 g/mol. The van der Waals surface area contributed by atoms with Crippen molar-refractivity contribution in [2.75, 3.05) is 25.7 Å². The summed E-state index contributed by atoms with van der Waals surface area (Å²) in [5, 5.41) is 0. The van der Waals surface area contributed by atoms with Gasteiger partial charge in [-0.2, -0.15) is 11.8 Å². The fourth-order valence-electron chi connectivity index (χ4n) is 2.45. The van der Waals surface area contributed by atoms with Crippen molar-refractivity contribution in [1.82, 2.24) is 4.90 Å². The Morgan fingerprint density at radius 1 is 1.50 bits per heavy atom. The minimum atomic E-state index is -0.380. The second-order valence-corrected chi connectivity index (χ2v) is 6.02. The smallest absolute Gasteiger partial charge is 0.239 e. The summed E-state index contributed by atoms with van der Waals surface area (Å²) in [5.41, 5.74) is 8.45. The molecule has 5 heteroatoms. The van der Waals surface area contributed by atoms with E-state index in [-0.39, 0.29) is 11.9 Å². The lowest BCUT2D eigenvalue weighted by atomic mass is 9.98. The van der Waals surface area contributed by atoms with Crippen LogP contribution in [0.25, 0.3) is 0 Å². The van der Waals surface area contributed by atoms with Gasteiger partial charge in [-0.3, -0.25) is 4.79 Å². The number of amides is 1. The van der Waals surface area contributed by atoms with Crippen LogP contribution in [-0.4, -0.2) is 42.5 Å². The molecule has 4 nitrogen and oxygen atoms in total. The van der Waals surface area contributed by atoms with E-state index in [0.717, 1.165) is 30.9 Å². The van der Waals surface area contributed by atoms with Gasteiger partial charge in [0.1, 0.15) is 5.75 Å². The third-order valence-electron chi connectivity index (χ3n) is 3.69. The van der Waals surface area contributed by atoms with E-state index < -0.39 is 0 Å². The zero-order chi connectivity index (χ0) is 14.5. The maximum Gasteiger partial charge on any atom is 0.239 e. The average Bonchev–Trinajstić information content (AvgIpc) is 2.50. The second kappa shape index (κ2) is 6.99. The highest BCUT2D eigenvalue weighted by Gasteiger charge is 2.24. The van der Waals surface area contributed by atoms with Gasteiger partial charge in [0.15, 0.2) is 0 Å². The summed E-state index contributed by atoms with van der Waals surface area (Å²) < 4.78 is 5.25. The Kier molecular flexibility index (Phi) is 5.31. The van der Waals surface area contributed by atoms with Gasteiger partial charge in [0.2, 0.25) is 5.91 Å². The van der Waals surface area contributed by atoms with Crippen LogP contribution in [0.4, 0.5) is 0 Å². The van der Waals surface area contributed by atoms with Crippen LogP contribution in [0.1, 0.15) is 17.5 Å². The van der Waals surface area contributed by atoms with Gasteiger partial charge in [0.25, 0.3) is 0 Å². The van der Waals surface area contributed by atoms with E-state index in [2.05, 4.69) is 6.07 Å². The minimum Gasteiger partial charge on any atom is -0.497 e. The molecule has 1 aromatic carbocycles. The van der Waals surface area contributed by atoms with Gasteiger partial charge in [-0.1, -0.05) is 6.07 Å². The molecule has 0 fully saturated rings. The largest absolute Gasteiger partial charge is 0.497 e. The summed E-state index contributed by atoms with van der Waals surface area (Å²) in [4.78, 5) is 14.2. The minimum absolute atomic E-state index is 0.0625. The van der Waals surface area contributed by atoms with Crippen molar-refractivity contribution >= 4 is 17.7 Å². The molecule has 1 heterocycles. The SMILES string of the molecule is COc1ccc2c(c1)CN(C(=O)[C@@H](N)CCSC)CC2. The molecule has 0 aromatic heterocycles. The molecule has 0 aliphatic carbocycles. The third kappa shape index (κ3) is 3.46. The first-order chi connectivity index (χ1) is 9.65. The Bertz CT molecular complexity index is 479. The van der Waals surface area contributed by atoms with E-state index >= 15 is 0 Å². The van der Waals surface area contributed by atoms with Crippen LogP contribution < -0.4 is 10.5 Å². The first-order valence-electron chi connectivity index (χ1n) is 6.84. The molecule has 20 heavy (non-hydrogen) atoms. The zero-order valence-electron chi connectivity index (χ0n) is 12.1. The predicted molar refractivity (Wildman–Crippen MR) is 83.1 cm³/mol. The first-order valence-corrected chi connectivity index (χ1v) is 8.24. The lowest BCUT2D eigenvalue weighted by molar-refractivity contribution is -0.133. The quantitative estimate of drug-likeness (QED) is 0.897. The van der Waals surface area contributed by atoms with Gasteiger partial charge in [-0.15, -0.1) is 0 Å². The average molecular weight is 294 g/mol. The standard InChI is InChI=1S/C15H22N2O2S/c1-19-13-4-3-11-5-7-17(10-12(11)9-13)15(18)14(16)6-8-20-2/h3-4,9,14H,5-8,10,16H2,1-2H3/t14-/m0/s1. The van der Waals surface area contributed by atoms with E-state index in [1.54, 1.807) is 18.9 Å². The molecule has 1 aliphatic heterocycles. The number of fused-ring (bicyclic) bond motifs is 1. The van der Waals surface area contributed by atoms with Crippen LogP contribution >= 0.6 is 11.8 Å². The molecule has 110 valence electrons. The van der Waals surface area contributed by atoms with Gasteiger partial charge in [0.05, 0.1) is 13.2 Å². The molecule has 2 N–H and O–H groups in total. The number of benzene rings is 1. The summed E-state index contributed by atoms with van der Waals surface area (Å²) in [6, 6.07) is 5.70. The summed E-state index contributed by atoms with van der Waals surface area (Å²) in [5.74, 6) is 1.82. The Morgan fingerprint density at radius 2 is 2.30 bits per heavy atom. The van der Waals surface area contributed by atoms with Crippen LogP contribution in [0, 0.1) is 0 Å². The van der Waals surface area contributed by atoms with Crippen LogP contribution in [-0.2, 0) is 17.8 Å². The highest BCUT2D eigenvalue weighted by molar-refractivity contribution is 7.98. The molecule has 0 saturated heterocycles. The Labute approximate surface area is 124 Å². The summed E-state index contributed by atoms with van der Waals surface area (Å²) in [6.45, 7) is 1.39. The molecule has 0 spiro atoms. The zero-order valence-corrected chi connectivity index (χ0v) is 12.9. The molecule has 1 aromatic rings. The number of hydrogen-bond donors (Lipinski definition) is 1. The highest BCUT2D eigenvalue weighted by atomic mass is 32.2. The first kappa shape index (κ1) is 15.2. The Hall–Kier alpha value is -1.20. The van der Waals surface area contributed by atoms with Crippen molar-refractivity contribution in [2.24, 2.45) is 5.73 Å². The number of hydrogen-bond acceptors (Lipinski definition) is 4. The van der Waals surface area contributed by atoms with Crippen LogP contribution in [0.15, 0.2) is 18.2 Å². The lowest BCUT2D eigenvalue weighted by Crippen LogP contribution is -2.46. The summed E-state index contributed by atoms with van der Waals surface area (Å²) in [7, 11) is 1.66. The maximum atomic E-state index is 12.3. The highest BCUT2D eigenvalue weighted by Crippen LogP contribution is 2.24. The van der Waals surface area contributed by atoms with E-state index in [4.69, 9.17) is 10.5 Å². The maximum absolute atomic E-state index is 12.3. The van der Waals surface area contributed by atoms with Crippen molar-refractivity contribution in [1.29, 1.82) is 0 Å². The predicted octanol–water partition coefficient (Wildman–Crippen LogP) is 1.66. The number of rotatable bonds is 5. The van der Waals surface area contributed by atoms with Crippen molar-refractivity contribution in [3.63, 3.8) is 0 Å².